The topological polar surface area (TPSA) is 248 Å². The van der Waals surface area contributed by atoms with Gasteiger partial charge in [0, 0.05) is 64.2 Å². The number of aliphatic hydroxyl groups is 1. The Hall–Kier alpha value is -4.75. The number of cyclic esters (lactones) is 1. The van der Waals surface area contributed by atoms with Gasteiger partial charge in [-0.3, -0.25) is 19.3 Å². The van der Waals surface area contributed by atoms with Gasteiger partial charge in [0.05, 0.1) is 72.6 Å². The number of carbonyl (C=O) groups is 4. The third-order valence-electron chi connectivity index (χ3n) is 16.9. The number of aromatic nitrogens is 1. The molecule has 0 radical (unpaired) electrons. The van der Waals surface area contributed by atoms with Crippen molar-refractivity contribution < 1.29 is 86.2 Å². The number of carboxylic acids is 1. The molecule has 1 aromatic carbocycles. The van der Waals surface area contributed by atoms with E-state index >= 15 is 0 Å². The zero-order valence-electron chi connectivity index (χ0n) is 50.4. The van der Waals surface area contributed by atoms with E-state index in [2.05, 4.69) is 0 Å². The summed E-state index contributed by atoms with van der Waals surface area (Å²) in [6.07, 6.45) is -3.24. The Labute approximate surface area is 476 Å². The summed E-state index contributed by atoms with van der Waals surface area (Å²) < 4.78 is 76.7. The lowest BCUT2D eigenvalue weighted by molar-refractivity contribution is -0.321. The molecule has 1 unspecified atom stereocenters. The van der Waals surface area contributed by atoms with Crippen LogP contribution in [0, 0.1) is 17.8 Å². The number of hydrogen-bond acceptors (Lipinski definition) is 20. The normalized spacial score (nSPS) is 36.5. The quantitative estimate of drug-likeness (QED) is 0.0697. The molecule has 0 bridgehead atoms. The molecule has 22 nitrogen and oxygen atoms in total. The minimum atomic E-state index is -1.64. The Morgan fingerprint density at radius 1 is 0.926 bits per heavy atom. The molecule has 6 rings (SSSR count). The number of allylic oxidation sites excluding steroid dienone is 1. The standard InChI is InChI=1S/C59H91N3O19/c1-17-45-59(11)51(80-56(68)81-59)37(6)61(14)31-33(2)29-57(9,69)50(79-55-49(76-39(8)63)44(60(12)13)27-34(3)74-55)35(4)48(36(5)54(67)77-45)78-46-30-58(10,71-16)52(38(7)75-46)73-26-25-72-23-18-19-40-20-21-43-41(28-40)47(64)42(53(65)66)32-62(43)22-24-70-15/h18,20-21,23,28,32-38,44-46,48-52,55,69H,17,19,22,24-27,29-31H2,1-16H3,(H,65,66)/b23-18+/t33-,34-,35+,36-,37-,38+,44+,45-,46+,48+,49-,50-,51?,52+,55+,57-,58-,59-/m1/s1. The second kappa shape index (κ2) is 27.8. The summed E-state index contributed by atoms with van der Waals surface area (Å²) in [7, 11) is 8.82. The number of methoxy groups -OCH3 is 2. The predicted octanol–water partition coefficient (Wildman–Crippen LogP) is 6.11. The summed E-state index contributed by atoms with van der Waals surface area (Å²) in [5, 5.41) is 23.0. The molecule has 18 atom stereocenters. The fourth-order valence-electron chi connectivity index (χ4n) is 12.6. The molecule has 81 heavy (non-hydrogen) atoms. The molecule has 0 spiro atoms. The van der Waals surface area contributed by atoms with Crippen molar-refractivity contribution in [1.29, 1.82) is 0 Å². The summed E-state index contributed by atoms with van der Waals surface area (Å²) >= 11 is 0. The lowest BCUT2D eigenvalue weighted by atomic mass is 9.77. The van der Waals surface area contributed by atoms with Gasteiger partial charge in [0.25, 0.3) is 0 Å². The minimum absolute atomic E-state index is 0.136. The van der Waals surface area contributed by atoms with Crippen LogP contribution in [0.25, 0.3) is 10.9 Å². The van der Waals surface area contributed by atoms with Gasteiger partial charge in [0.15, 0.2) is 30.4 Å². The Bertz CT molecular complexity index is 2560. The van der Waals surface area contributed by atoms with Crippen LogP contribution in [-0.4, -0.2) is 201 Å². The van der Waals surface area contributed by atoms with Crippen LogP contribution in [0.2, 0.25) is 0 Å². The van der Waals surface area contributed by atoms with Crippen molar-refractivity contribution in [2.45, 2.75) is 205 Å². The first-order valence-corrected chi connectivity index (χ1v) is 28.4. The van der Waals surface area contributed by atoms with Gasteiger partial charge >= 0.3 is 24.1 Å². The summed E-state index contributed by atoms with van der Waals surface area (Å²) in [5.41, 5.74) is -3.51. The molecule has 4 fully saturated rings. The van der Waals surface area contributed by atoms with Crippen molar-refractivity contribution in [2.75, 3.05) is 61.7 Å². The molecular weight excluding hydrogens is 1050 g/mol. The molecule has 2 aromatic rings. The van der Waals surface area contributed by atoms with Gasteiger partial charge in [-0.05, 0) is 125 Å². The smallest absolute Gasteiger partial charge is 0.499 e. The first-order chi connectivity index (χ1) is 38.1. The highest BCUT2D eigenvalue weighted by atomic mass is 16.8. The van der Waals surface area contributed by atoms with Crippen LogP contribution in [0.5, 0.6) is 0 Å². The summed E-state index contributed by atoms with van der Waals surface area (Å²) in [5.74, 6) is -4.58. The number of likely N-dealkylation sites (N-methyl/N-ethyl adjacent to an activating group) is 2. The lowest BCUT2D eigenvalue weighted by Crippen LogP contribution is -2.61. The highest BCUT2D eigenvalue weighted by molar-refractivity contribution is 5.92. The average molecular weight is 1150 g/mol. The molecule has 0 aliphatic carbocycles. The predicted molar refractivity (Wildman–Crippen MR) is 296 cm³/mol. The number of nitrogens with zero attached hydrogens (tertiary/aromatic N) is 3. The zero-order chi connectivity index (χ0) is 59.9. The monoisotopic (exact) mass is 1150 g/mol. The van der Waals surface area contributed by atoms with E-state index in [0.717, 1.165) is 5.56 Å². The number of rotatable bonds is 19. The highest BCUT2D eigenvalue weighted by Gasteiger charge is 2.58. The Morgan fingerprint density at radius 2 is 1.64 bits per heavy atom. The number of esters is 2. The number of hydrogen-bond donors (Lipinski definition) is 2. The number of pyridine rings is 1. The van der Waals surface area contributed by atoms with E-state index < -0.39 is 119 Å². The second-order valence-corrected chi connectivity index (χ2v) is 23.7. The van der Waals surface area contributed by atoms with Crippen LogP contribution < -0.4 is 5.43 Å². The van der Waals surface area contributed by atoms with Crippen molar-refractivity contribution in [3.05, 3.63) is 58.1 Å². The molecule has 4 saturated heterocycles. The lowest BCUT2D eigenvalue weighted by Gasteiger charge is -2.49. The number of fused-ring (bicyclic) bond motifs is 2. The second-order valence-electron chi connectivity index (χ2n) is 23.7. The molecule has 5 heterocycles. The highest BCUT2D eigenvalue weighted by Crippen LogP contribution is 2.43. The van der Waals surface area contributed by atoms with Gasteiger partial charge in [-0.25, -0.2) is 9.59 Å². The average Bonchev–Trinajstić information content (AvgIpc) is 3.93. The van der Waals surface area contributed by atoms with Gasteiger partial charge in [-0.2, -0.15) is 0 Å². The van der Waals surface area contributed by atoms with E-state index in [4.69, 9.17) is 56.8 Å². The fraction of sp³-hybridized carbons (Fsp3) is 0.746. The number of ether oxygens (including phenoxy) is 12. The maximum Gasteiger partial charge on any atom is 0.509 e. The third kappa shape index (κ3) is 15.3. The number of aromatic carboxylic acids is 1. The minimum Gasteiger partial charge on any atom is -0.499 e. The maximum absolute atomic E-state index is 14.9. The number of carbonyl (C=O) groups excluding carboxylic acids is 3. The van der Waals surface area contributed by atoms with Gasteiger partial charge in [-0.1, -0.05) is 26.8 Å². The fourth-order valence-corrected chi connectivity index (χ4v) is 12.6. The van der Waals surface area contributed by atoms with E-state index in [1.54, 1.807) is 64.0 Å². The van der Waals surface area contributed by atoms with Crippen LogP contribution >= 0.6 is 0 Å². The Kier molecular flexibility index (Phi) is 22.4. The SMILES string of the molecule is CC[C@H]1OC(=O)[C@H](C)[C@@H](O[C@H]2C[C@@](C)(OC)[C@@H](OCCO/C=C/Cc3ccc4c(c3)c(=O)c(C(=O)O)cn4CCOC)[C@H](C)O2)[C@H](C)[C@@H](O[C@@H]2O[C@H](C)C[C@H](N(C)C)[C@H]2OC(C)=O)[C@](C)(O)C[C@@H](C)CN(C)[C@H](C)C2OC(=O)O[C@@]21C. The van der Waals surface area contributed by atoms with Gasteiger partial charge in [0.2, 0.25) is 5.43 Å². The molecular formula is C59H91N3O19. The van der Waals surface area contributed by atoms with Crippen LogP contribution in [-0.2, 0) is 79.4 Å². The van der Waals surface area contributed by atoms with Crippen LogP contribution in [0.4, 0.5) is 4.79 Å². The van der Waals surface area contributed by atoms with Crippen LogP contribution in [0.15, 0.2) is 41.5 Å². The van der Waals surface area contributed by atoms with Gasteiger partial charge < -0.3 is 76.5 Å². The molecule has 2 N–H and O–H groups in total. The molecule has 1 aromatic heterocycles. The van der Waals surface area contributed by atoms with E-state index in [1.807, 2.05) is 85.5 Å². The largest absolute Gasteiger partial charge is 0.509 e. The molecule has 0 amide bonds. The zero-order valence-corrected chi connectivity index (χ0v) is 50.4. The summed E-state index contributed by atoms with van der Waals surface area (Å²) in [4.78, 5) is 69.7. The molecule has 4 aliphatic heterocycles. The van der Waals surface area contributed by atoms with Crippen molar-refractivity contribution in [3.8, 4) is 0 Å². The van der Waals surface area contributed by atoms with Crippen molar-refractivity contribution in [2.24, 2.45) is 17.8 Å². The third-order valence-corrected chi connectivity index (χ3v) is 16.9. The van der Waals surface area contributed by atoms with Crippen molar-refractivity contribution in [1.82, 2.24) is 14.4 Å². The van der Waals surface area contributed by atoms with Crippen LogP contribution in [0.1, 0.15) is 118 Å². The molecule has 456 valence electrons. The van der Waals surface area contributed by atoms with Crippen molar-refractivity contribution in [3.63, 3.8) is 0 Å². The molecule has 0 saturated carbocycles. The Balaban J connectivity index is 1.24. The van der Waals surface area contributed by atoms with Gasteiger partial charge in [-0.15, -0.1) is 0 Å². The van der Waals surface area contributed by atoms with Crippen LogP contribution in [0.3, 0.4) is 0 Å². The van der Waals surface area contributed by atoms with E-state index in [1.165, 1.54) is 13.1 Å². The van der Waals surface area contributed by atoms with E-state index in [0.29, 0.717) is 43.4 Å². The Morgan fingerprint density at radius 3 is 2.28 bits per heavy atom. The van der Waals surface area contributed by atoms with Gasteiger partial charge in [0.1, 0.15) is 24.4 Å². The van der Waals surface area contributed by atoms with Crippen molar-refractivity contribution >= 4 is 35.0 Å². The first-order valence-electron chi connectivity index (χ1n) is 28.4. The molecule has 22 heteroatoms. The van der Waals surface area contributed by atoms with E-state index in [9.17, 15) is 34.2 Å². The number of benzene rings is 1. The molecule has 4 aliphatic rings. The summed E-state index contributed by atoms with van der Waals surface area (Å²) in [6.45, 7) is 21.2. The summed E-state index contributed by atoms with van der Waals surface area (Å²) in [6, 6.07) is 4.65. The first kappa shape index (κ1) is 65.4. The number of carboxylic acid groups (broad SMARTS) is 1. The van der Waals surface area contributed by atoms with E-state index in [-0.39, 0.29) is 56.1 Å². The maximum atomic E-state index is 14.9.